The summed E-state index contributed by atoms with van der Waals surface area (Å²) in [5.41, 5.74) is -12.9. The summed E-state index contributed by atoms with van der Waals surface area (Å²) in [6.07, 6.45) is -4.94. The maximum absolute atomic E-state index is 13.3. The van der Waals surface area contributed by atoms with Gasteiger partial charge in [-0.1, -0.05) is 0 Å². The van der Waals surface area contributed by atoms with E-state index in [1.165, 1.54) is 0 Å². The summed E-state index contributed by atoms with van der Waals surface area (Å²) in [5, 5.41) is 191. The summed E-state index contributed by atoms with van der Waals surface area (Å²) in [4.78, 5) is 13.0. The number of aliphatic hydroxyl groups is 17. The van der Waals surface area contributed by atoms with E-state index < -0.39 is 106 Å². The average Bonchev–Trinajstić information content (AvgIpc) is 2.81. The highest BCUT2D eigenvalue weighted by Crippen LogP contribution is 2.60. The van der Waals surface area contributed by atoms with Gasteiger partial charge in [0.25, 0.3) is 22.9 Å². The number of nitrogens with zero attached hydrogens (tertiary/aromatic N) is 1. The van der Waals surface area contributed by atoms with Crippen molar-refractivity contribution in [1.82, 2.24) is 4.90 Å². The fraction of sp³-hybridized carbons (Fsp3) is 0.632. The molecule has 0 aliphatic carbocycles. The molecule has 1 aromatic rings. The molecule has 23 nitrogen and oxygen atoms in total. The van der Waals surface area contributed by atoms with Crippen molar-refractivity contribution in [2.24, 2.45) is 0 Å². The lowest BCUT2D eigenvalue weighted by atomic mass is 9.65. The Morgan fingerprint density at radius 3 is 1.67 bits per heavy atom. The number of hydrogen-bond acceptors (Lipinski definition) is 23. The summed E-state index contributed by atoms with van der Waals surface area (Å²) in [5.74, 6) is -34.1. The van der Waals surface area contributed by atoms with E-state index in [0.717, 1.165) is 7.11 Å². The first-order chi connectivity index (χ1) is 18.5. The second-order valence-corrected chi connectivity index (χ2v) is 9.53. The molecular weight excluding hydrogens is 594 g/mol. The summed E-state index contributed by atoms with van der Waals surface area (Å²) in [6, 6.07) is -2.88. The van der Waals surface area contributed by atoms with Crippen molar-refractivity contribution < 1.29 is 111 Å². The van der Waals surface area contributed by atoms with Crippen molar-refractivity contribution in [2.75, 3.05) is 13.7 Å². The molecule has 0 bridgehead atoms. The molecule has 0 spiro atoms. The van der Waals surface area contributed by atoms with E-state index in [1.807, 2.05) is 0 Å². The van der Waals surface area contributed by atoms with Crippen molar-refractivity contribution in [2.45, 2.75) is 59.3 Å². The first-order valence-electron chi connectivity index (χ1n) is 11.0. The monoisotopic (exact) mass is 621 g/mol. The number of aromatic hydroxyl groups is 2. The summed E-state index contributed by atoms with van der Waals surface area (Å²) in [6.45, 7) is -1.22. The Hall–Kier alpha value is -2.63. The number of benzene rings is 1. The minimum absolute atomic E-state index is 0.284. The number of carbonyl (C=O) groups excluding carboxylic acids is 1. The van der Waals surface area contributed by atoms with E-state index in [4.69, 9.17) is 20.1 Å². The number of methoxy groups -OCH3 is 1. The van der Waals surface area contributed by atoms with E-state index in [1.54, 1.807) is 0 Å². The molecule has 2 aliphatic rings. The van der Waals surface area contributed by atoms with Crippen LogP contribution in [0.15, 0.2) is 0 Å². The predicted molar refractivity (Wildman–Crippen MR) is 115 cm³/mol. The Kier molecular flexibility index (Phi) is 7.41. The Morgan fingerprint density at radius 1 is 0.786 bits per heavy atom. The molecule has 1 aromatic carbocycles. The quantitative estimate of drug-likeness (QED) is 0.0991. The Morgan fingerprint density at radius 2 is 1.26 bits per heavy atom. The summed E-state index contributed by atoms with van der Waals surface area (Å²) >= 11 is 0. The molecule has 1 saturated heterocycles. The first-order valence-corrected chi connectivity index (χ1v) is 11.0. The van der Waals surface area contributed by atoms with Gasteiger partial charge < -0.3 is 106 Å². The fourth-order valence-corrected chi connectivity index (χ4v) is 5.08. The van der Waals surface area contributed by atoms with E-state index in [2.05, 4.69) is 4.74 Å². The third-order valence-corrected chi connectivity index (χ3v) is 7.04. The normalized spacial score (nSPS) is 25.1. The third kappa shape index (κ3) is 4.06. The lowest BCUT2D eigenvalue weighted by molar-refractivity contribution is -0.567. The van der Waals surface area contributed by atoms with Crippen LogP contribution in [0, 0.1) is 0 Å². The van der Waals surface area contributed by atoms with Gasteiger partial charge in [0.05, 0.1) is 7.11 Å². The van der Waals surface area contributed by atoms with Gasteiger partial charge in [-0.2, -0.15) is 0 Å². The van der Waals surface area contributed by atoms with Crippen LogP contribution in [-0.2, 0) is 11.2 Å². The minimum Gasteiger partial charge on any atom is -0.504 e. The first kappa shape index (κ1) is 33.9. The number of rotatable bonds is 7. The Labute approximate surface area is 229 Å². The summed E-state index contributed by atoms with van der Waals surface area (Å²) in [7, 11) is 0.725. The molecule has 1 fully saturated rings. The van der Waals surface area contributed by atoms with Crippen LogP contribution in [0.3, 0.4) is 0 Å². The smallest absolute Gasteiger partial charge is 0.453 e. The van der Waals surface area contributed by atoms with Crippen LogP contribution in [-0.4, -0.2) is 168 Å². The molecule has 2 atom stereocenters. The fourth-order valence-electron chi connectivity index (χ4n) is 5.08. The zero-order valence-corrected chi connectivity index (χ0v) is 20.7. The van der Waals surface area contributed by atoms with Crippen molar-refractivity contribution in [3.8, 4) is 23.0 Å². The van der Waals surface area contributed by atoms with Gasteiger partial charge in [-0.25, -0.2) is 4.90 Å². The maximum Gasteiger partial charge on any atom is 0.453 e. The molecule has 2 unspecified atom stereocenters. The molecule has 2 heterocycles. The molecule has 0 radical (unpaired) electrons. The number of ketones is 1. The molecule has 42 heavy (non-hydrogen) atoms. The van der Waals surface area contributed by atoms with Gasteiger partial charge >= 0.3 is 18.1 Å². The van der Waals surface area contributed by atoms with Gasteiger partial charge in [0, 0.05) is 17.7 Å². The van der Waals surface area contributed by atoms with E-state index in [0.29, 0.717) is 0 Å². The second-order valence-electron chi connectivity index (χ2n) is 9.53. The van der Waals surface area contributed by atoms with E-state index in [9.17, 15) is 86.5 Å². The lowest BCUT2D eigenvalue weighted by Gasteiger charge is -2.62. The Bertz CT molecular complexity index is 1260. The predicted octanol–water partition coefficient (Wildman–Crippen LogP) is -10.7. The zero-order chi connectivity index (χ0) is 33.0. The number of piperidine rings is 1. The van der Waals surface area contributed by atoms with Crippen LogP contribution in [0.1, 0.15) is 17.2 Å². The van der Waals surface area contributed by atoms with Crippen molar-refractivity contribution in [1.29, 1.82) is 0 Å². The molecule has 19 N–H and O–H groups in total. The van der Waals surface area contributed by atoms with Crippen LogP contribution in [0.2, 0.25) is 0 Å². The second kappa shape index (κ2) is 9.19. The third-order valence-electron chi connectivity index (χ3n) is 7.04. The van der Waals surface area contributed by atoms with E-state index in [-0.39, 0.29) is 4.90 Å². The number of phenolic OH excluding ortho intramolecular Hbond substituents is 2. The van der Waals surface area contributed by atoms with Gasteiger partial charge in [0.2, 0.25) is 23.1 Å². The van der Waals surface area contributed by atoms with Crippen molar-refractivity contribution in [3.63, 3.8) is 0 Å². The lowest BCUT2D eigenvalue weighted by Crippen LogP contribution is -2.93. The molecule has 23 heteroatoms. The van der Waals surface area contributed by atoms with Crippen LogP contribution >= 0.6 is 0 Å². The van der Waals surface area contributed by atoms with Gasteiger partial charge in [0.1, 0.15) is 6.04 Å². The molecule has 240 valence electrons. The van der Waals surface area contributed by atoms with Crippen LogP contribution in [0.25, 0.3) is 0 Å². The standard InChI is InChI=1S/C19H27NO22/c1-41-8-7(22)5-4(6(21)9(8)42-19(38,39)40)2-3-20-10(5)12(24,25)11(23)13(26,16(20,30)31)15(28,29)14(27,17(32,33)34)18(35,36)37/h10,21-22,24-40H,2-3H2,1H3. The molecule has 0 saturated carbocycles. The van der Waals surface area contributed by atoms with Gasteiger partial charge in [-0.3, -0.25) is 4.79 Å². The highest BCUT2D eigenvalue weighted by Gasteiger charge is 2.88. The van der Waals surface area contributed by atoms with Crippen molar-refractivity contribution in [3.05, 3.63) is 11.1 Å². The average molecular weight is 621 g/mol. The molecule has 2 aliphatic heterocycles. The van der Waals surface area contributed by atoms with Crippen molar-refractivity contribution >= 4 is 5.78 Å². The maximum atomic E-state index is 13.3. The minimum atomic E-state index is -5.74. The largest absolute Gasteiger partial charge is 0.504 e. The molecule has 0 aromatic heterocycles. The van der Waals surface area contributed by atoms with Crippen LogP contribution < -0.4 is 9.47 Å². The van der Waals surface area contributed by atoms with Gasteiger partial charge in [0.15, 0.2) is 11.5 Å². The molecular formula is C19H27NO22. The number of carbonyl (C=O) groups is 1. The SMILES string of the molecule is COc1c(O)c2c(c(O)c1OC(O)(O)O)CCN1C2C(O)(O)C(=O)C(O)(C(O)(O)C(O)(C(O)(O)O)C(O)(O)O)C1(O)O. The highest BCUT2D eigenvalue weighted by atomic mass is 16.9. The molecule has 0 amide bonds. The summed E-state index contributed by atoms with van der Waals surface area (Å²) < 4.78 is 9.00. The van der Waals surface area contributed by atoms with Crippen LogP contribution in [0.4, 0.5) is 0 Å². The highest BCUT2D eigenvalue weighted by molar-refractivity contribution is 5.97. The van der Waals surface area contributed by atoms with Gasteiger partial charge in [-0.15, -0.1) is 0 Å². The number of fused-ring (bicyclic) bond motifs is 3. The number of phenols is 2. The topological polar surface area (TPSA) is 423 Å². The van der Waals surface area contributed by atoms with Crippen LogP contribution in [0.5, 0.6) is 23.0 Å². The van der Waals surface area contributed by atoms with Gasteiger partial charge in [-0.05, 0) is 6.42 Å². The Balaban J connectivity index is 2.39. The zero-order valence-electron chi connectivity index (χ0n) is 20.7. The van der Waals surface area contributed by atoms with E-state index >= 15 is 0 Å². The number of Topliss-reactive ketones (excluding diaryl/α,β-unsaturated/α-hetero) is 1. The number of hydrogen-bond donors (Lipinski definition) is 19. The number of ether oxygens (including phenoxy) is 2. The molecule has 3 rings (SSSR count).